The number of benzene rings is 1. The number of rotatable bonds is 5. The maximum absolute atomic E-state index is 11.2. The van der Waals surface area contributed by atoms with Gasteiger partial charge in [-0.25, -0.2) is 4.79 Å². The number of morpholine rings is 1. The Kier molecular flexibility index (Phi) is 5.03. The molecule has 3 N–H and O–H groups in total. The van der Waals surface area contributed by atoms with Gasteiger partial charge in [0, 0.05) is 24.8 Å². The molecule has 1 aromatic rings. The van der Waals surface area contributed by atoms with Crippen molar-refractivity contribution in [2.45, 2.75) is 26.0 Å². The van der Waals surface area contributed by atoms with Crippen LogP contribution in [0.25, 0.3) is 0 Å². The number of aromatic carboxylic acids is 1. The minimum atomic E-state index is -1.09. The summed E-state index contributed by atoms with van der Waals surface area (Å²) in [5.74, 6) is -0.802. The van der Waals surface area contributed by atoms with Crippen LogP contribution in [0.4, 0.5) is 5.69 Å². The summed E-state index contributed by atoms with van der Waals surface area (Å²) in [6, 6.07) is 5.30. The van der Waals surface area contributed by atoms with Crippen molar-refractivity contribution in [3.63, 3.8) is 0 Å². The number of carboxylic acid groups (broad SMARTS) is 1. The number of nitrogens with two attached hydrogens (primary N) is 1. The van der Waals surface area contributed by atoms with Crippen LogP contribution in [0, 0.1) is 0 Å². The van der Waals surface area contributed by atoms with Crippen molar-refractivity contribution in [2.75, 3.05) is 32.0 Å². The molecule has 6 heteroatoms. The molecule has 0 saturated carbocycles. The van der Waals surface area contributed by atoms with Gasteiger partial charge in [0.15, 0.2) is 0 Å². The molecule has 0 aliphatic carbocycles. The Morgan fingerprint density at radius 1 is 1.57 bits per heavy atom. The molecule has 6 nitrogen and oxygen atoms in total. The Balaban J connectivity index is 2.00. The summed E-state index contributed by atoms with van der Waals surface area (Å²) in [6.07, 6.45) is -0.0655. The number of carboxylic acids is 1. The largest absolute Gasteiger partial charge is 0.490 e. The molecule has 1 heterocycles. The fraction of sp³-hybridized carbons (Fsp3) is 0.533. The molecular weight excluding hydrogens is 272 g/mol. The molecule has 2 rings (SSSR count). The van der Waals surface area contributed by atoms with Gasteiger partial charge in [0.25, 0.3) is 0 Å². The molecule has 1 atom stereocenters. The lowest BCUT2D eigenvalue weighted by Gasteiger charge is -2.35. The number of anilines is 1. The highest BCUT2D eigenvalue weighted by atomic mass is 16.5. The van der Waals surface area contributed by atoms with E-state index in [2.05, 4.69) is 18.7 Å². The van der Waals surface area contributed by atoms with Gasteiger partial charge in [0.2, 0.25) is 0 Å². The minimum Gasteiger partial charge on any atom is -0.490 e. The van der Waals surface area contributed by atoms with Crippen molar-refractivity contribution in [3.05, 3.63) is 23.8 Å². The molecule has 0 amide bonds. The van der Waals surface area contributed by atoms with Crippen LogP contribution in [0.5, 0.6) is 5.75 Å². The highest BCUT2D eigenvalue weighted by molar-refractivity contribution is 5.96. The third kappa shape index (κ3) is 3.86. The predicted octanol–water partition coefficient (Wildman–Crippen LogP) is 1.45. The zero-order chi connectivity index (χ0) is 15.4. The molecule has 1 aliphatic rings. The van der Waals surface area contributed by atoms with E-state index in [9.17, 15) is 9.90 Å². The summed E-state index contributed by atoms with van der Waals surface area (Å²) >= 11 is 0. The Morgan fingerprint density at radius 2 is 2.33 bits per heavy atom. The molecular formula is C15H22N2O4. The Morgan fingerprint density at radius 3 is 3.00 bits per heavy atom. The van der Waals surface area contributed by atoms with Crippen molar-refractivity contribution in [3.8, 4) is 5.75 Å². The second-order valence-corrected chi connectivity index (χ2v) is 5.42. The fourth-order valence-electron chi connectivity index (χ4n) is 2.39. The molecule has 1 saturated heterocycles. The second-order valence-electron chi connectivity index (χ2n) is 5.42. The minimum absolute atomic E-state index is 0.00836. The molecule has 0 bridgehead atoms. The van der Waals surface area contributed by atoms with Crippen LogP contribution in [0.15, 0.2) is 18.2 Å². The SMILES string of the molecule is CC(C)N1CCOC(COc2cccc(N)c2C(=O)O)C1. The van der Waals surface area contributed by atoms with Crippen molar-refractivity contribution in [1.82, 2.24) is 4.90 Å². The van der Waals surface area contributed by atoms with E-state index in [0.717, 1.165) is 13.1 Å². The predicted molar refractivity (Wildman–Crippen MR) is 79.8 cm³/mol. The van der Waals surface area contributed by atoms with E-state index in [1.807, 2.05) is 0 Å². The van der Waals surface area contributed by atoms with Gasteiger partial charge in [-0.05, 0) is 26.0 Å². The highest BCUT2D eigenvalue weighted by Gasteiger charge is 2.23. The number of nitrogens with zero attached hydrogens (tertiary/aromatic N) is 1. The van der Waals surface area contributed by atoms with Crippen LogP contribution < -0.4 is 10.5 Å². The standard InChI is InChI=1S/C15H22N2O4/c1-10(2)17-6-7-20-11(8-17)9-21-13-5-3-4-12(16)14(13)15(18)19/h3-5,10-11H,6-9,16H2,1-2H3,(H,18,19). The van der Waals surface area contributed by atoms with E-state index >= 15 is 0 Å². The summed E-state index contributed by atoms with van der Waals surface area (Å²) < 4.78 is 11.3. The lowest BCUT2D eigenvalue weighted by Crippen LogP contribution is -2.47. The zero-order valence-electron chi connectivity index (χ0n) is 12.4. The molecule has 0 radical (unpaired) electrons. The zero-order valence-corrected chi connectivity index (χ0v) is 12.4. The number of ether oxygens (including phenoxy) is 2. The molecule has 1 aromatic carbocycles. The lowest BCUT2D eigenvalue weighted by molar-refractivity contribution is -0.0565. The molecule has 116 valence electrons. The van der Waals surface area contributed by atoms with Crippen molar-refractivity contribution >= 4 is 11.7 Å². The van der Waals surface area contributed by atoms with Gasteiger partial charge in [0.1, 0.15) is 24.0 Å². The van der Waals surface area contributed by atoms with Crippen molar-refractivity contribution in [2.24, 2.45) is 0 Å². The monoisotopic (exact) mass is 294 g/mol. The van der Waals surface area contributed by atoms with Gasteiger partial charge in [-0.2, -0.15) is 0 Å². The third-order valence-electron chi connectivity index (χ3n) is 3.60. The summed E-state index contributed by atoms with van der Waals surface area (Å²) in [4.78, 5) is 13.6. The van der Waals surface area contributed by atoms with E-state index in [1.54, 1.807) is 18.2 Å². The average molecular weight is 294 g/mol. The number of carbonyl (C=O) groups is 1. The smallest absolute Gasteiger partial charge is 0.341 e. The normalized spacial score (nSPS) is 19.7. The maximum atomic E-state index is 11.2. The summed E-state index contributed by atoms with van der Waals surface area (Å²) in [6.45, 7) is 6.95. The van der Waals surface area contributed by atoms with Crippen molar-refractivity contribution in [1.29, 1.82) is 0 Å². The van der Waals surface area contributed by atoms with E-state index in [-0.39, 0.29) is 23.1 Å². The molecule has 0 aromatic heterocycles. The topological polar surface area (TPSA) is 85.0 Å². The average Bonchev–Trinajstić information content (AvgIpc) is 2.45. The second kappa shape index (κ2) is 6.78. The van der Waals surface area contributed by atoms with E-state index in [1.165, 1.54) is 0 Å². The summed E-state index contributed by atoms with van der Waals surface area (Å²) in [5.41, 5.74) is 5.90. The first-order chi connectivity index (χ1) is 9.99. The first-order valence-corrected chi connectivity index (χ1v) is 7.09. The van der Waals surface area contributed by atoms with Crippen LogP contribution in [0.1, 0.15) is 24.2 Å². The quantitative estimate of drug-likeness (QED) is 0.800. The van der Waals surface area contributed by atoms with Crippen LogP contribution in [0.2, 0.25) is 0 Å². The van der Waals surface area contributed by atoms with E-state index < -0.39 is 5.97 Å². The van der Waals surface area contributed by atoms with Gasteiger partial charge >= 0.3 is 5.97 Å². The number of nitrogen functional groups attached to an aromatic ring is 1. The first kappa shape index (κ1) is 15.6. The highest BCUT2D eigenvalue weighted by Crippen LogP contribution is 2.24. The molecule has 0 spiro atoms. The Hall–Kier alpha value is -1.79. The van der Waals surface area contributed by atoms with Gasteiger partial charge < -0.3 is 20.3 Å². The van der Waals surface area contributed by atoms with Crippen molar-refractivity contribution < 1.29 is 19.4 Å². The molecule has 1 aliphatic heterocycles. The number of hydrogen-bond donors (Lipinski definition) is 2. The van der Waals surface area contributed by atoms with E-state index in [0.29, 0.717) is 19.3 Å². The number of hydrogen-bond acceptors (Lipinski definition) is 5. The Labute approximate surface area is 124 Å². The van der Waals surface area contributed by atoms with Gasteiger partial charge in [0.05, 0.1) is 6.61 Å². The lowest BCUT2D eigenvalue weighted by atomic mass is 10.1. The van der Waals surface area contributed by atoms with E-state index in [4.69, 9.17) is 15.2 Å². The molecule has 1 unspecified atom stereocenters. The van der Waals surface area contributed by atoms with Crippen LogP contribution in [-0.2, 0) is 4.74 Å². The van der Waals surface area contributed by atoms with Gasteiger partial charge in [-0.15, -0.1) is 0 Å². The van der Waals surface area contributed by atoms with Crippen LogP contribution in [0.3, 0.4) is 0 Å². The third-order valence-corrected chi connectivity index (χ3v) is 3.60. The molecule has 21 heavy (non-hydrogen) atoms. The molecule has 1 fully saturated rings. The van der Waals surface area contributed by atoms with Crippen LogP contribution >= 0.6 is 0 Å². The summed E-state index contributed by atoms with van der Waals surface area (Å²) in [7, 11) is 0. The van der Waals surface area contributed by atoms with Gasteiger partial charge in [-0.1, -0.05) is 6.07 Å². The first-order valence-electron chi connectivity index (χ1n) is 7.09. The van der Waals surface area contributed by atoms with Gasteiger partial charge in [-0.3, -0.25) is 4.90 Å². The fourth-order valence-corrected chi connectivity index (χ4v) is 2.39. The Bertz CT molecular complexity index is 504. The van der Waals surface area contributed by atoms with Crippen LogP contribution in [-0.4, -0.2) is 54.4 Å². The summed E-state index contributed by atoms with van der Waals surface area (Å²) in [5, 5.41) is 9.20. The maximum Gasteiger partial charge on any atom is 0.341 e.